The molecule has 1 rings (SSSR count). The Hall–Kier alpha value is -0.980. The van der Waals surface area contributed by atoms with Crippen molar-refractivity contribution in [2.45, 2.75) is 59.8 Å². The number of rotatable bonds is 4. The molecule has 2 unspecified atom stereocenters. The molecule has 0 saturated heterocycles. The molecule has 0 radical (unpaired) electrons. The fourth-order valence-electron chi connectivity index (χ4n) is 2.99. The van der Waals surface area contributed by atoms with E-state index in [1.807, 2.05) is 0 Å². The molecule has 1 heteroatoms. The first kappa shape index (κ1) is 15.1. The summed E-state index contributed by atoms with van der Waals surface area (Å²) in [5.41, 5.74) is 1.64. The van der Waals surface area contributed by atoms with E-state index < -0.39 is 0 Å². The molecule has 1 aromatic carbocycles. The van der Waals surface area contributed by atoms with Gasteiger partial charge in [0.25, 0.3) is 0 Å². The van der Waals surface area contributed by atoms with Crippen LogP contribution in [0.5, 0.6) is 5.75 Å². The van der Waals surface area contributed by atoms with Gasteiger partial charge in [-0.3, -0.25) is 0 Å². The first-order valence-electron chi connectivity index (χ1n) is 7.03. The quantitative estimate of drug-likeness (QED) is 0.783. The Balaban J connectivity index is 3.24. The molecule has 0 heterocycles. The van der Waals surface area contributed by atoms with Crippen molar-refractivity contribution in [1.82, 2.24) is 0 Å². The molecule has 1 aromatic rings. The van der Waals surface area contributed by atoms with Crippen molar-refractivity contribution in [3.8, 4) is 5.75 Å². The molecule has 0 aromatic heterocycles. The van der Waals surface area contributed by atoms with Crippen LogP contribution in [0.1, 0.15) is 59.9 Å². The summed E-state index contributed by atoms with van der Waals surface area (Å²) in [4.78, 5) is 0. The predicted molar refractivity (Wildman–Crippen MR) is 79.0 cm³/mol. The number of phenols is 1. The summed E-state index contributed by atoms with van der Waals surface area (Å²) in [6.07, 6.45) is 2.44. The summed E-state index contributed by atoms with van der Waals surface area (Å²) in [7, 11) is 0. The van der Waals surface area contributed by atoms with Crippen LogP contribution < -0.4 is 0 Å². The van der Waals surface area contributed by atoms with Crippen LogP contribution in [0.4, 0.5) is 0 Å². The summed E-state index contributed by atoms with van der Waals surface area (Å²) < 4.78 is 0. The highest BCUT2D eigenvalue weighted by molar-refractivity contribution is 5.33. The van der Waals surface area contributed by atoms with E-state index in [9.17, 15) is 5.11 Å². The van der Waals surface area contributed by atoms with E-state index >= 15 is 0 Å². The topological polar surface area (TPSA) is 20.2 Å². The average molecular weight is 248 g/mol. The summed E-state index contributed by atoms with van der Waals surface area (Å²) >= 11 is 0. The Bertz CT molecular complexity index is 372. The third kappa shape index (κ3) is 2.71. The molecule has 0 aliphatic heterocycles. The third-order valence-corrected chi connectivity index (χ3v) is 4.73. The Kier molecular flexibility index (Phi) is 4.47. The van der Waals surface area contributed by atoms with Crippen LogP contribution in [0.3, 0.4) is 0 Å². The molecule has 1 N–H and O–H groups in total. The largest absolute Gasteiger partial charge is 0.508 e. The zero-order valence-electron chi connectivity index (χ0n) is 12.7. The molecule has 0 aliphatic rings. The third-order valence-electron chi connectivity index (χ3n) is 4.73. The highest BCUT2D eigenvalue weighted by Gasteiger charge is 2.42. The minimum atomic E-state index is 0.122. The lowest BCUT2D eigenvalue weighted by Gasteiger charge is -2.47. The van der Waals surface area contributed by atoms with Gasteiger partial charge < -0.3 is 5.11 Å². The van der Waals surface area contributed by atoms with E-state index in [1.165, 1.54) is 18.4 Å². The second kappa shape index (κ2) is 5.34. The Morgan fingerprint density at radius 2 is 1.56 bits per heavy atom. The molecule has 2 atom stereocenters. The van der Waals surface area contributed by atoms with Gasteiger partial charge in [-0.25, -0.2) is 0 Å². The van der Waals surface area contributed by atoms with E-state index in [0.717, 1.165) is 0 Å². The second-order valence-corrected chi connectivity index (χ2v) is 6.69. The normalized spacial score (nSPS) is 17.2. The van der Waals surface area contributed by atoms with Crippen molar-refractivity contribution in [2.75, 3.05) is 0 Å². The van der Waals surface area contributed by atoms with Gasteiger partial charge in [-0.1, -0.05) is 66.5 Å². The van der Waals surface area contributed by atoms with Crippen LogP contribution in [0.2, 0.25) is 0 Å². The number of benzene rings is 1. The van der Waals surface area contributed by atoms with Crippen molar-refractivity contribution < 1.29 is 5.11 Å². The first-order chi connectivity index (χ1) is 8.23. The molecule has 0 bridgehead atoms. The number of aromatic hydroxyl groups is 1. The van der Waals surface area contributed by atoms with Crippen LogP contribution in [-0.2, 0) is 5.41 Å². The van der Waals surface area contributed by atoms with Gasteiger partial charge in [0.05, 0.1) is 0 Å². The molecule has 18 heavy (non-hydrogen) atoms. The van der Waals surface area contributed by atoms with Gasteiger partial charge in [0.15, 0.2) is 0 Å². The van der Waals surface area contributed by atoms with Crippen LogP contribution in [0, 0.1) is 11.3 Å². The Labute approximate surface area is 112 Å². The maximum absolute atomic E-state index is 9.47. The first-order valence-corrected chi connectivity index (χ1v) is 7.03. The van der Waals surface area contributed by atoms with Crippen LogP contribution in [0.25, 0.3) is 0 Å². The second-order valence-electron chi connectivity index (χ2n) is 6.69. The Morgan fingerprint density at radius 1 is 1.06 bits per heavy atom. The lowest BCUT2D eigenvalue weighted by atomic mass is 9.57. The van der Waals surface area contributed by atoms with E-state index in [2.05, 4.69) is 53.7 Å². The molecule has 0 fully saturated rings. The summed E-state index contributed by atoms with van der Waals surface area (Å²) in [6, 6.07) is 7.76. The molecule has 0 aliphatic carbocycles. The van der Waals surface area contributed by atoms with Crippen molar-refractivity contribution >= 4 is 0 Å². The van der Waals surface area contributed by atoms with Gasteiger partial charge in [0.1, 0.15) is 5.75 Å². The van der Waals surface area contributed by atoms with Gasteiger partial charge in [-0.2, -0.15) is 0 Å². The van der Waals surface area contributed by atoms with Crippen molar-refractivity contribution in [3.05, 3.63) is 29.8 Å². The number of hydrogen-bond acceptors (Lipinski definition) is 1. The van der Waals surface area contributed by atoms with Crippen molar-refractivity contribution in [3.63, 3.8) is 0 Å². The van der Waals surface area contributed by atoms with E-state index in [0.29, 0.717) is 11.7 Å². The maximum Gasteiger partial charge on any atom is 0.115 e. The van der Waals surface area contributed by atoms with Crippen molar-refractivity contribution in [2.24, 2.45) is 11.3 Å². The van der Waals surface area contributed by atoms with Gasteiger partial charge in [0.2, 0.25) is 0 Å². The van der Waals surface area contributed by atoms with E-state index in [1.54, 1.807) is 12.1 Å². The van der Waals surface area contributed by atoms with Gasteiger partial charge in [-0.15, -0.1) is 0 Å². The Morgan fingerprint density at radius 3 is 1.94 bits per heavy atom. The average Bonchev–Trinajstić information content (AvgIpc) is 2.27. The lowest BCUT2D eigenvalue weighted by molar-refractivity contribution is 0.125. The molecule has 1 nitrogen and oxygen atoms in total. The van der Waals surface area contributed by atoms with Crippen LogP contribution in [-0.4, -0.2) is 5.11 Å². The predicted octanol–water partition coefficient (Wildman–Crippen LogP) is 5.13. The SMILES string of the molecule is CCCC(C)C(C)(c1ccc(O)cc1)C(C)(C)C. The molecule has 0 spiro atoms. The number of hydrogen-bond donors (Lipinski definition) is 1. The molecule has 0 saturated carbocycles. The number of phenolic OH excluding ortho intramolecular Hbond substituents is 1. The van der Waals surface area contributed by atoms with Crippen LogP contribution in [0.15, 0.2) is 24.3 Å². The van der Waals surface area contributed by atoms with Gasteiger partial charge in [0, 0.05) is 0 Å². The maximum atomic E-state index is 9.47. The van der Waals surface area contributed by atoms with Crippen molar-refractivity contribution in [1.29, 1.82) is 0 Å². The summed E-state index contributed by atoms with van der Waals surface area (Å²) in [5.74, 6) is 0.963. The molecular formula is C17H28O. The highest BCUT2D eigenvalue weighted by Crippen LogP contribution is 2.48. The molecule has 0 amide bonds. The van der Waals surface area contributed by atoms with E-state index in [4.69, 9.17) is 0 Å². The summed E-state index contributed by atoms with van der Waals surface area (Å²) in [6.45, 7) is 13.9. The standard InChI is InChI=1S/C17H28O/c1-7-8-13(2)17(6,16(3,4)5)14-9-11-15(18)12-10-14/h9-13,18H,7-8H2,1-6H3. The van der Waals surface area contributed by atoms with Gasteiger partial charge in [-0.05, 0) is 34.4 Å². The molecular weight excluding hydrogens is 220 g/mol. The zero-order chi connectivity index (χ0) is 14.0. The van der Waals surface area contributed by atoms with Crippen LogP contribution >= 0.6 is 0 Å². The smallest absolute Gasteiger partial charge is 0.115 e. The highest BCUT2D eigenvalue weighted by atomic mass is 16.3. The summed E-state index contributed by atoms with van der Waals surface area (Å²) in [5, 5.41) is 9.47. The monoisotopic (exact) mass is 248 g/mol. The lowest BCUT2D eigenvalue weighted by Crippen LogP contribution is -2.42. The molecule has 102 valence electrons. The fourth-order valence-corrected chi connectivity index (χ4v) is 2.99. The van der Waals surface area contributed by atoms with Gasteiger partial charge >= 0.3 is 0 Å². The minimum absolute atomic E-state index is 0.122. The minimum Gasteiger partial charge on any atom is -0.508 e. The fraction of sp³-hybridized carbons (Fsp3) is 0.647. The van der Waals surface area contributed by atoms with E-state index in [-0.39, 0.29) is 10.8 Å². The zero-order valence-corrected chi connectivity index (χ0v) is 12.7.